The minimum Gasteiger partial charge on any atom is -0.330 e. The van der Waals surface area contributed by atoms with Gasteiger partial charge in [0.05, 0.1) is 17.1 Å². The third kappa shape index (κ3) is 2.49. The van der Waals surface area contributed by atoms with E-state index in [1.54, 1.807) is 6.92 Å². The SMILES string of the molecule is Cc1cc2c(cc1F)[nH]c(=S)n2C(C)c1cccc(Cl)c1. The molecule has 5 heteroatoms. The lowest BCUT2D eigenvalue weighted by Crippen LogP contribution is -2.07. The first-order chi connectivity index (χ1) is 9.97. The molecule has 0 bridgehead atoms. The highest BCUT2D eigenvalue weighted by molar-refractivity contribution is 7.71. The van der Waals surface area contributed by atoms with Gasteiger partial charge in [-0.05, 0) is 61.5 Å². The molecule has 0 saturated heterocycles. The van der Waals surface area contributed by atoms with Gasteiger partial charge < -0.3 is 9.55 Å². The first-order valence-electron chi connectivity index (χ1n) is 6.63. The van der Waals surface area contributed by atoms with Crippen LogP contribution in [-0.2, 0) is 0 Å². The minimum atomic E-state index is -0.235. The van der Waals surface area contributed by atoms with Crippen LogP contribution in [0.4, 0.5) is 4.39 Å². The molecule has 0 amide bonds. The number of aromatic nitrogens is 2. The van der Waals surface area contributed by atoms with Crippen LogP contribution < -0.4 is 0 Å². The van der Waals surface area contributed by atoms with Crippen molar-refractivity contribution in [2.24, 2.45) is 0 Å². The molecule has 2 aromatic carbocycles. The second kappa shape index (κ2) is 5.28. The van der Waals surface area contributed by atoms with Gasteiger partial charge in [-0.25, -0.2) is 4.39 Å². The number of nitrogens with zero attached hydrogens (tertiary/aromatic N) is 1. The highest BCUT2D eigenvalue weighted by Gasteiger charge is 2.14. The summed E-state index contributed by atoms with van der Waals surface area (Å²) in [5.41, 5.74) is 3.26. The van der Waals surface area contributed by atoms with Crippen LogP contribution in [0.2, 0.25) is 5.02 Å². The maximum absolute atomic E-state index is 13.7. The molecule has 0 aliphatic carbocycles. The molecule has 0 saturated carbocycles. The number of hydrogen-bond acceptors (Lipinski definition) is 1. The van der Waals surface area contributed by atoms with E-state index in [-0.39, 0.29) is 11.9 Å². The third-order valence-electron chi connectivity index (χ3n) is 3.72. The second-order valence-corrected chi connectivity index (χ2v) is 5.97. The Morgan fingerprint density at radius 2 is 2.05 bits per heavy atom. The number of fused-ring (bicyclic) bond motifs is 1. The smallest absolute Gasteiger partial charge is 0.178 e. The monoisotopic (exact) mass is 320 g/mol. The molecule has 1 N–H and O–H groups in total. The van der Waals surface area contributed by atoms with E-state index < -0.39 is 0 Å². The Labute approximate surface area is 132 Å². The van der Waals surface area contributed by atoms with Crippen molar-refractivity contribution in [3.8, 4) is 0 Å². The predicted octanol–water partition coefficient (Wildman–Crippen LogP) is 5.41. The van der Waals surface area contributed by atoms with E-state index in [0.29, 0.717) is 20.9 Å². The van der Waals surface area contributed by atoms with Crippen LogP contribution in [0.1, 0.15) is 24.1 Å². The van der Waals surface area contributed by atoms with Crippen LogP contribution in [0.3, 0.4) is 0 Å². The highest BCUT2D eigenvalue weighted by Crippen LogP contribution is 2.27. The molecule has 0 spiro atoms. The summed E-state index contributed by atoms with van der Waals surface area (Å²) >= 11 is 11.5. The Morgan fingerprint density at radius 1 is 1.29 bits per heavy atom. The molecule has 1 aromatic heterocycles. The Hall–Kier alpha value is -1.65. The van der Waals surface area contributed by atoms with Gasteiger partial charge in [0, 0.05) is 5.02 Å². The molecule has 1 unspecified atom stereocenters. The van der Waals surface area contributed by atoms with E-state index in [2.05, 4.69) is 4.98 Å². The van der Waals surface area contributed by atoms with E-state index in [9.17, 15) is 4.39 Å². The largest absolute Gasteiger partial charge is 0.330 e. The summed E-state index contributed by atoms with van der Waals surface area (Å²) in [5.74, 6) is -0.235. The summed E-state index contributed by atoms with van der Waals surface area (Å²) < 4.78 is 16.2. The average molecular weight is 321 g/mol. The van der Waals surface area contributed by atoms with Crippen LogP contribution in [0.25, 0.3) is 11.0 Å². The van der Waals surface area contributed by atoms with Gasteiger partial charge in [-0.1, -0.05) is 23.7 Å². The van der Waals surface area contributed by atoms with Crippen molar-refractivity contribution in [3.63, 3.8) is 0 Å². The number of imidazole rings is 1. The Kier molecular flexibility index (Phi) is 3.59. The van der Waals surface area contributed by atoms with E-state index in [1.165, 1.54) is 6.07 Å². The zero-order valence-corrected chi connectivity index (χ0v) is 13.2. The Balaban J connectivity index is 2.22. The van der Waals surface area contributed by atoms with Gasteiger partial charge in [0.2, 0.25) is 0 Å². The van der Waals surface area contributed by atoms with E-state index in [0.717, 1.165) is 11.1 Å². The van der Waals surface area contributed by atoms with Gasteiger partial charge >= 0.3 is 0 Å². The van der Waals surface area contributed by atoms with Crippen molar-refractivity contribution < 1.29 is 4.39 Å². The maximum atomic E-state index is 13.7. The lowest BCUT2D eigenvalue weighted by molar-refractivity contribution is 0.619. The summed E-state index contributed by atoms with van der Waals surface area (Å²) in [7, 11) is 0. The molecule has 108 valence electrons. The summed E-state index contributed by atoms with van der Waals surface area (Å²) in [5, 5.41) is 0.688. The van der Waals surface area contributed by atoms with Crippen LogP contribution in [0.5, 0.6) is 0 Å². The first-order valence-corrected chi connectivity index (χ1v) is 7.42. The number of hydrogen-bond donors (Lipinski definition) is 1. The summed E-state index contributed by atoms with van der Waals surface area (Å²) in [4.78, 5) is 3.07. The zero-order chi connectivity index (χ0) is 15.1. The van der Waals surface area contributed by atoms with E-state index in [4.69, 9.17) is 23.8 Å². The molecule has 3 rings (SSSR count). The van der Waals surface area contributed by atoms with E-state index >= 15 is 0 Å². The van der Waals surface area contributed by atoms with E-state index in [1.807, 2.05) is 41.8 Å². The molecule has 0 radical (unpaired) electrons. The number of aromatic amines is 1. The van der Waals surface area contributed by atoms with Gasteiger partial charge in [0.15, 0.2) is 4.77 Å². The van der Waals surface area contributed by atoms with Gasteiger partial charge in [0.1, 0.15) is 5.82 Å². The van der Waals surface area contributed by atoms with Gasteiger partial charge in [0.25, 0.3) is 0 Å². The molecular weight excluding hydrogens is 307 g/mol. The van der Waals surface area contributed by atoms with Crippen LogP contribution in [0.15, 0.2) is 36.4 Å². The van der Waals surface area contributed by atoms with Crippen molar-refractivity contribution in [1.82, 2.24) is 9.55 Å². The number of rotatable bonds is 2. The van der Waals surface area contributed by atoms with Crippen molar-refractivity contribution in [1.29, 1.82) is 0 Å². The summed E-state index contributed by atoms with van der Waals surface area (Å²) in [6.07, 6.45) is 0. The minimum absolute atomic E-state index is 0.00908. The molecule has 21 heavy (non-hydrogen) atoms. The van der Waals surface area contributed by atoms with Crippen LogP contribution in [0, 0.1) is 17.5 Å². The Bertz CT molecular complexity index is 882. The fraction of sp³-hybridized carbons (Fsp3) is 0.188. The van der Waals surface area contributed by atoms with Gasteiger partial charge in [-0.2, -0.15) is 0 Å². The first kappa shape index (κ1) is 14.3. The van der Waals surface area contributed by atoms with Crippen LogP contribution in [-0.4, -0.2) is 9.55 Å². The fourth-order valence-corrected chi connectivity index (χ4v) is 3.12. The number of nitrogens with one attached hydrogen (secondary N) is 1. The predicted molar refractivity (Wildman–Crippen MR) is 87.1 cm³/mol. The number of benzene rings is 2. The molecular formula is C16H14ClFN2S. The van der Waals surface area contributed by atoms with Gasteiger partial charge in [-0.3, -0.25) is 0 Å². The molecule has 0 aliphatic heterocycles. The number of aryl methyl sites for hydroxylation is 1. The van der Waals surface area contributed by atoms with Crippen molar-refractivity contribution in [3.05, 3.63) is 63.1 Å². The summed E-state index contributed by atoms with van der Waals surface area (Å²) in [6.45, 7) is 3.80. The molecule has 0 aliphatic rings. The zero-order valence-electron chi connectivity index (χ0n) is 11.7. The van der Waals surface area contributed by atoms with Crippen molar-refractivity contribution in [2.45, 2.75) is 19.9 Å². The second-order valence-electron chi connectivity index (χ2n) is 5.15. The lowest BCUT2D eigenvalue weighted by atomic mass is 10.1. The Morgan fingerprint density at radius 3 is 2.76 bits per heavy atom. The maximum Gasteiger partial charge on any atom is 0.178 e. The lowest BCUT2D eigenvalue weighted by Gasteiger charge is -2.15. The average Bonchev–Trinajstić information content (AvgIpc) is 2.74. The number of halogens is 2. The fourth-order valence-electron chi connectivity index (χ4n) is 2.55. The molecule has 1 heterocycles. The van der Waals surface area contributed by atoms with Gasteiger partial charge in [-0.15, -0.1) is 0 Å². The van der Waals surface area contributed by atoms with Crippen molar-refractivity contribution in [2.75, 3.05) is 0 Å². The summed E-state index contributed by atoms with van der Waals surface area (Å²) in [6, 6.07) is 11.0. The standard InChI is InChI=1S/C16H14ClFN2S/c1-9-6-15-14(8-13(9)18)19-16(21)20(15)10(2)11-4-3-5-12(17)7-11/h3-8,10H,1-2H3,(H,19,21). The topological polar surface area (TPSA) is 20.7 Å². The molecule has 3 aromatic rings. The van der Waals surface area contributed by atoms with Crippen LogP contribution >= 0.6 is 23.8 Å². The number of H-pyrrole nitrogens is 1. The third-order valence-corrected chi connectivity index (χ3v) is 4.25. The molecule has 1 atom stereocenters. The molecule has 0 fully saturated rings. The van der Waals surface area contributed by atoms with Crippen molar-refractivity contribution >= 4 is 34.9 Å². The highest BCUT2D eigenvalue weighted by atomic mass is 35.5. The normalized spacial score (nSPS) is 12.8. The quantitative estimate of drug-likeness (QED) is 0.626. The molecule has 2 nitrogen and oxygen atoms in total.